The molecule has 1 aromatic rings. The molecule has 1 atom stereocenters. The fourth-order valence-corrected chi connectivity index (χ4v) is 1.29. The third-order valence-corrected chi connectivity index (χ3v) is 2.50. The van der Waals surface area contributed by atoms with E-state index in [0.29, 0.717) is 0 Å². The molecule has 0 aromatic heterocycles. The van der Waals surface area contributed by atoms with Gasteiger partial charge in [0.1, 0.15) is 5.54 Å². The van der Waals surface area contributed by atoms with Crippen LogP contribution in [0.3, 0.4) is 0 Å². The maximum atomic E-state index is 13.2. The summed E-state index contributed by atoms with van der Waals surface area (Å²) >= 11 is 0. The molecule has 0 aliphatic heterocycles. The van der Waals surface area contributed by atoms with Gasteiger partial charge in [0.25, 0.3) is 0 Å². The Balaban J connectivity index is 2.55. The van der Waals surface area contributed by atoms with Gasteiger partial charge >= 0.3 is 11.9 Å². The molecule has 0 saturated carbocycles. The van der Waals surface area contributed by atoms with Gasteiger partial charge in [-0.05, 0) is 12.5 Å². The molecule has 0 spiro atoms. The van der Waals surface area contributed by atoms with Gasteiger partial charge in [0.05, 0.1) is 13.2 Å². The van der Waals surface area contributed by atoms with Crippen molar-refractivity contribution in [2.75, 3.05) is 6.61 Å². The molecule has 100 valence electrons. The van der Waals surface area contributed by atoms with Gasteiger partial charge in [-0.1, -0.05) is 30.3 Å². The molecule has 1 unspecified atom stereocenters. The fraction of sp³-hybridized carbons (Fsp3) is 0.417. The Labute approximate surface area is 103 Å². The van der Waals surface area contributed by atoms with Crippen molar-refractivity contribution in [3.8, 4) is 0 Å². The minimum atomic E-state index is -4.04. The van der Waals surface area contributed by atoms with Gasteiger partial charge in [-0.15, -0.1) is 0 Å². The van der Waals surface area contributed by atoms with Crippen LogP contribution < -0.4 is 5.73 Å². The third-order valence-electron chi connectivity index (χ3n) is 2.50. The molecule has 0 aliphatic carbocycles. The van der Waals surface area contributed by atoms with Crippen molar-refractivity contribution < 1.29 is 23.4 Å². The predicted octanol–water partition coefficient (Wildman–Crippen LogP) is 1.64. The molecule has 18 heavy (non-hydrogen) atoms. The second kappa shape index (κ2) is 5.41. The molecule has 0 aliphatic rings. The number of rotatable bonds is 6. The smallest absolute Gasteiger partial charge is 0.376 e. The number of halogens is 2. The Morgan fingerprint density at radius 3 is 2.44 bits per heavy atom. The monoisotopic (exact) mass is 259 g/mol. The number of carboxylic acid groups (broad SMARTS) is 1. The predicted molar refractivity (Wildman–Crippen MR) is 61.3 cm³/mol. The Morgan fingerprint density at radius 1 is 1.39 bits per heavy atom. The quantitative estimate of drug-likeness (QED) is 0.814. The van der Waals surface area contributed by atoms with Gasteiger partial charge < -0.3 is 15.6 Å². The molecule has 0 radical (unpaired) electrons. The minimum absolute atomic E-state index is 0.101. The van der Waals surface area contributed by atoms with E-state index in [-0.39, 0.29) is 6.61 Å². The van der Waals surface area contributed by atoms with Crippen molar-refractivity contribution in [2.45, 2.75) is 25.0 Å². The summed E-state index contributed by atoms with van der Waals surface area (Å²) < 4.78 is 31.5. The topological polar surface area (TPSA) is 72.5 Å². The lowest BCUT2D eigenvalue weighted by Crippen LogP contribution is -2.60. The maximum absolute atomic E-state index is 13.2. The van der Waals surface area contributed by atoms with Gasteiger partial charge in [-0.25, -0.2) is 4.79 Å². The van der Waals surface area contributed by atoms with Gasteiger partial charge in [-0.2, -0.15) is 8.78 Å². The summed E-state index contributed by atoms with van der Waals surface area (Å²) in [5.74, 6) is -6.29. The fourth-order valence-electron chi connectivity index (χ4n) is 1.29. The molecule has 1 rings (SSSR count). The van der Waals surface area contributed by atoms with Crippen molar-refractivity contribution in [3.05, 3.63) is 35.9 Å². The maximum Gasteiger partial charge on any atom is 0.376 e. The van der Waals surface area contributed by atoms with Crippen LogP contribution >= 0.6 is 0 Å². The van der Waals surface area contributed by atoms with Crippen LogP contribution in [0.4, 0.5) is 8.78 Å². The molecule has 0 amide bonds. The van der Waals surface area contributed by atoms with E-state index in [1.54, 1.807) is 24.3 Å². The number of alkyl halides is 2. The summed E-state index contributed by atoms with van der Waals surface area (Å²) in [6.45, 7) is 0.497. The van der Waals surface area contributed by atoms with Gasteiger partial charge in [0.15, 0.2) is 0 Å². The van der Waals surface area contributed by atoms with E-state index < -0.39 is 24.0 Å². The highest BCUT2D eigenvalue weighted by Crippen LogP contribution is 2.27. The number of ether oxygens (including phenoxy) is 1. The highest BCUT2D eigenvalue weighted by molar-refractivity contribution is 5.77. The first-order valence-corrected chi connectivity index (χ1v) is 5.29. The summed E-state index contributed by atoms with van der Waals surface area (Å²) in [5, 5.41) is 8.41. The molecule has 4 nitrogen and oxygen atoms in total. The van der Waals surface area contributed by atoms with Crippen molar-refractivity contribution >= 4 is 5.97 Å². The van der Waals surface area contributed by atoms with E-state index in [0.717, 1.165) is 12.5 Å². The van der Waals surface area contributed by atoms with E-state index in [4.69, 9.17) is 15.6 Å². The van der Waals surface area contributed by atoms with E-state index in [9.17, 15) is 13.6 Å². The average molecular weight is 259 g/mol. The van der Waals surface area contributed by atoms with Crippen LogP contribution in [0.15, 0.2) is 30.3 Å². The molecule has 3 N–H and O–H groups in total. The first-order valence-electron chi connectivity index (χ1n) is 5.29. The lowest BCUT2D eigenvalue weighted by Gasteiger charge is -2.30. The van der Waals surface area contributed by atoms with Gasteiger partial charge in [-0.3, -0.25) is 0 Å². The average Bonchev–Trinajstić information content (AvgIpc) is 2.29. The molecular formula is C12H15F2NO3. The van der Waals surface area contributed by atoms with Crippen LogP contribution in [0, 0.1) is 0 Å². The van der Waals surface area contributed by atoms with E-state index in [1.165, 1.54) is 0 Å². The lowest BCUT2D eigenvalue weighted by atomic mass is 9.96. The number of hydrogen-bond donors (Lipinski definition) is 2. The second-order valence-electron chi connectivity index (χ2n) is 4.28. The number of nitrogens with two attached hydrogens (primary N) is 1. The normalized spacial score (nSPS) is 15.1. The number of aliphatic carboxylic acids is 1. The van der Waals surface area contributed by atoms with Gasteiger partial charge in [0.2, 0.25) is 0 Å². The molecule has 0 fully saturated rings. The highest BCUT2D eigenvalue weighted by atomic mass is 19.3. The van der Waals surface area contributed by atoms with Crippen LogP contribution in [-0.4, -0.2) is 29.1 Å². The van der Waals surface area contributed by atoms with Crippen LogP contribution in [0.25, 0.3) is 0 Å². The number of benzene rings is 1. The number of carbonyl (C=O) groups is 1. The van der Waals surface area contributed by atoms with E-state index in [1.807, 2.05) is 6.07 Å². The van der Waals surface area contributed by atoms with E-state index in [2.05, 4.69) is 0 Å². The summed E-state index contributed by atoms with van der Waals surface area (Å²) in [7, 11) is 0. The summed E-state index contributed by atoms with van der Waals surface area (Å²) in [5.41, 5.74) is 3.85. The molecule has 1 aromatic carbocycles. The molecule has 0 bridgehead atoms. The van der Waals surface area contributed by atoms with Crippen molar-refractivity contribution in [1.82, 2.24) is 0 Å². The molecular weight excluding hydrogens is 244 g/mol. The zero-order valence-electron chi connectivity index (χ0n) is 9.90. The minimum Gasteiger partial charge on any atom is -0.477 e. The van der Waals surface area contributed by atoms with Crippen molar-refractivity contribution in [3.63, 3.8) is 0 Å². The SMILES string of the molecule is CC(N)(COCc1ccccc1)C(F)(F)C(=O)O. The largest absolute Gasteiger partial charge is 0.477 e. The molecule has 0 saturated heterocycles. The Morgan fingerprint density at radius 2 is 1.94 bits per heavy atom. The van der Waals surface area contributed by atoms with Gasteiger partial charge in [0, 0.05) is 0 Å². The molecule has 0 heterocycles. The number of hydrogen-bond acceptors (Lipinski definition) is 3. The summed E-state index contributed by atoms with van der Waals surface area (Å²) in [6, 6.07) is 8.92. The van der Waals surface area contributed by atoms with Crippen LogP contribution in [-0.2, 0) is 16.1 Å². The second-order valence-corrected chi connectivity index (χ2v) is 4.28. The standard InChI is InChI=1S/C12H15F2NO3/c1-11(15,12(13,14)10(16)17)8-18-7-9-5-3-2-4-6-9/h2-6H,7-8,15H2,1H3,(H,16,17). The lowest BCUT2D eigenvalue weighted by molar-refractivity contribution is -0.179. The summed E-state index contributed by atoms with van der Waals surface area (Å²) in [6.07, 6.45) is 0. The van der Waals surface area contributed by atoms with Crippen LogP contribution in [0.1, 0.15) is 12.5 Å². The van der Waals surface area contributed by atoms with Crippen molar-refractivity contribution in [2.24, 2.45) is 5.73 Å². The Bertz CT molecular complexity index is 407. The zero-order chi connectivity index (χ0) is 13.8. The zero-order valence-corrected chi connectivity index (χ0v) is 9.90. The van der Waals surface area contributed by atoms with E-state index >= 15 is 0 Å². The van der Waals surface area contributed by atoms with Crippen LogP contribution in [0.2, 0.25) is 0 Å². The third kappa shape index (κ3) is 3.24. The van der Waals surface area contributed by atoms with Crippen LogP contribution in [0.5, 0.6) is 0 Å². The highest BCUT2D eigenvalue weighted by Gasteiger charge is 2.54. The van der Waals surface area contributed by atoms with Crippen molar-refractivity contribution in [1.29, 1.82) is 0 Å². The number of carboxylic acids is 1. The first kappa shape index (κ1) is 14.5. The first-order chi connectivity index (χ1) is 8.27. The molecule has 6 heteroatoms. The summed E-state index contributed by atoms with van der Waals surface area (Å²) in [4.78, 5) is 10.4. The Kier molecular flexibility index (Phi) is 4.37. The Hall–Kier alpha value is -1.53.